The number of oxime groups is 1. The molecule has 1 fully saturated rings. The third kappa shape index (κ3) is 3.17. The summed E-state index contributed by atoms with van der Waals surface area (Å²) < 4.78 is 0. The molecule has 1 aliphatic heterocycles. The maximum Gasteiger partial charge on any atom is 0.172 e. The van der Waals surface area contributed by atoms with Gasteiger partial charge in [0.2, 0.25) is 0 Å². The largest absolute Gasteiger partial charge is 0.409 e. The third-order valence-electron chi connectivity index (χ3n) is 3.68. The Hall–Kier alpha value is -1.75. The van der Waals surface area contributed by atoms with Gasteiger partial charge in [0.15, 0.2) is 5.84 Å². The van der Waals surface area contributed by atoms with E-state index in [1.807, 2.05) is 24.3 Å². The maximum absolute atomic E-state index is 9.07. The molecule has 2 rings (SSSR count). The summed E-state index contributed by atoms with van der Waals surface area (Å²) in [7, 11) is 0. The minimum atomic E-state index is 0.139. The standard InChI is InChI=1S/C14H21N3O2/c15-14(16-19)12-5-1-2-6-13(12)17-8-3-4-11(10-17)7-9-18/h1-2,5-6,11,18-19H,3-4,7-10H2,(H2,15,16). The van der Waals surface area contributed by atoms with Crippen LogP contribution in [0.3, 0.4) is 0 Å². The van der Waals surface area contributed by atoms with Crippen molar-refractivity contribution >= 4 is 11.5 Å². The van der Waals surface area contributed by atoms with Crippen LogP contribution in [0, 0.1) is 5.92 Å². The number of aliphatic hydroxyl groups excluding tert-OH is 1. The van der Waals surface area contributed by atoms with E-state index >= 15 is 0 Å². The van der Waals surface area contributed by atoms with Gasteiger partial charge < -0.3 is 20.9 Å². The van der Waals surface area contributed by atoms with Crippen molar-refractivity contribution in [2.75, 3.05) is 24.6 Å². The van der Waals surface area contributed by atoms with Gasteiger partial charge in [-0.25, -0.2) is 0 Å². The first-order valence-electron chi connectivity index (χ1n) is 6.69. The Balaban J connectivity index is 2.21. The van der Waals surface area contributed by atoms with E-state index in [9.17, 15) is 0 Å². The van der Waals surface area contributed by atoms with E-state index in [-0.39, 0.29) is 12.4 Å². The van der Waals surface area contributed by atoms with Crippen molar-refractivity contribution in [3.8, 4) is 0 Å². The van der Waals surface area contributed by atoms with Crippen LogP contribution in [0.15, 0.2) is 29.4 Å². The Kier molecular flexibility index (Phi) is 4.63. The zero-order valence-corrected chi connectivity index (χ0v) is 11.0. The number of rotatable bonds is 4. The Morgan fingerprint density at radius 2 is 2.21 bits per heavy atom. The first-order chi connectivity index (χ1) is 9.26. The highest BCUT2D eigenvalue weighted by molar-refractivity contribution is 6.02. The van der Waals surface area contributed by atoms with Crippen molar-refractivity contribution in [1.29, 1.82) is 0 Å². The second kappa shape index (κ2) is 6.43. The number of hydrogen-bond donors (Lipinski definition) is 3. The molecule has 1 aromatic rings. The number of benzene rings is 1. The predicted octanol–water partition coefficient (Wildman–Crippen LogP) is 1.38. The van der Waals surface area contributed by atoms with E-state index in [2.05, 4.69) is 10.1 Å². The van der Waals surface area contributed by atoms with Gasteiger partial charge >= 0.3 is 0 Å². The molecule has 0 saturated carbocycles. The number of aliphatic hydroxyl groups is 1. The molecule has 1 aliphatic rings. The van der Waals surface area contributed by atoms with Crippen LogP contribution in [0.4, 0.5) is 5.69 Å². The SMILES string of the molecule is N/C(=N/O)c1ccccc1N1CCCC(CCO)C1. The summed E-state index contributed by atoms with van der Waals surface area (Å²) in [5.74, 6) is 0.652. The molecule has 5 heteroatoms. The molecule has 104 valence electrons. The van der Waals surface area contributed by atoms with Gasteiger partial charge in [-0.05, 0) is 37.3 Å². The van der Waals surface area contributed by atoms with E-state index < -0.39 is 0 Å². The summed E-state index contributed by atoms with van der Waals surface area (Å²) in [6.45, 7) is 2.12. The third-order valence-corrected chi connectivity index (χ3v) is 3.68. The van der Waals surface area contributed by atoms with Crippen molar-refractivity contribution in [2.45, 2.75) is 19.3 Å². The summed E-state index contributed by atoms with van der Waals surface area (Å²) >= 11 is 0. The zero-order chi connectivity index (χ0) is 13.7. The van der Waals surface area contributed by atoms with Gasteiger partial charge in [0.1, 0.15) is 0 Å². The lowest BCUT2D eigenvalue weighted by molar-refractivity contribution is 0.244. The normalized spacial score (nSPS) is 20.6. The van der Waals surface area contributed by atoms with Gasteiger partial charge in [-0.3, -0.25) is 0 Å². The smallest absolute Gasteiger partial charge is 0.172 e. The molecule has 1 heterocycles. The van der Waals surface area contributed by atoms with Crippen LogP contribution in [-0.2, 0) is 0 Å². The number of piperidine rings is 1. The van der Waals surface area contributed by atoms with Gasteiger partial charge in [0.05, 0.1) is 0 Å². The second-order valence-electron chi connectivity index (χ2n) is 4.97. The van der Waals surface area contributed by atoms with Crippen molar-refractivity contribution in [3.05, 3.63) is 29.8 Å². The van der Waals surface area contributed by atoms with E-state index in [0.717, 1.165) is 43.6 Å². The monoisotopic (exact) mass is 263 g/mol. The van der Waals surface area contributed by atoms with Crippen LogP contribution in [-0.4, -0.2) is 35.8 Å². The molecule has 1 atom stereocenters. The van der Waals surface area contributed by atoms with Gasteiger partial charge in [0, 0.05) is 30.9 Å². The van der Waals surface area contributed by atoms with Crippen molar-refractivity contribution < 1.29 is 10.3 Å². The van der Waals surface area contributed by atoms with Gasteiger partial charge in [-0.2, -0.15) is 0 Å². The molecule has 1 unspecified atom stereocenters. The molecule has 1 aromatic carbocycles. The van der Waals surface area contributed by atoms with Crippen molar-refractivity contribution in [2.24, 2.45) is 16.8 Å². The molecular weight excluding hydrogens is 242 g/mol. The molecule has 5 nitrogen and oxygen atoms in total. The summed E-state index contributed by atoms with van der Waals surface area (Å²) in [5.41, 5.74) is 7.49. The first-order valence-corrected chi connectivity index (χ1v) is 6.69. The Labute approximate surface area is 113 Å². The minimum absolute atomic E-state index is 0.139. The first kappa shape index (κ1) is 13.7. The fourth-order valence-corrected chi connectivity index (χ4v) is 2.72. The molecular formula is C14H21N3O2. The van der Waals surface area contributed by atoms with Crippen LogP contribution >= 0.6 is 0 Å². The van der Waals surface area contributed by atoms with E-state index in [4.69, 9.17) is 16.0 Å². The highest BCUT2D eigenvalue weighted by Gasteiger charge is 2.22. The Morgan fingerprint density at radius 1 is 1.42 bits per heavy atom. The minimum Gasteiger partial charge on any atom is -0.409 e. The lowest BCUT2D eigenvalue weighted by atomic mass is 9.94. The highest BCUT2D eigenvalue weighted by atomic mass is 16.4. The summed E-state index contributed by atoms with van der Waals surface area (Å²) in [5, 5.41) is 21.0. The second-order valence-corrected chi connectivity index (χ2v) is 4.97. The predicted molar refractivity (Wildman–Crippen MR) is 75.6 cm³/mol. The molecule has 19 heavy (non-hydrogen) atoms. The number of hydrogen-bond acceptors (Lipinski definition) is 4. The fourth-order valence-electron chi connectivity index (χ4n) is 2.72. The number of amidine groups is 1. The van der Waals surface area contributed by atoms with Crippen LogP contribution < -0.4 is 10.6 Å². The number of anilines is 1. The average molecular weight is 263 g/mol. The molecule has 0 bridgehead atoms. The molecule has 0 spiro atoms. The fraction of sp³-hybridized carbons (Fsp3) is 0.500. The van der Waals surface area contributed by atoms with Gasteiger partial charge in [-0.15, -0.1) is 0 Å². The molecule has 0 amide bonds. The highest BCUT2D eigenvalue weighted by Crippen LogP contribution is 2.27. The van der Waals surface area contributed by atoms with Crippen LogP contribution in [0.1, 0.15) is 24.8 Å². The van der Waals surface area contributed by atoms with Crippen LogP contribution in [0.5, 0.6) is 0 Å². The van der Waals surface area contributed by atoms with Crippen LogP contribution in [0.25, 0.3) is 0 Å². The van der Waals surface area contributed by atoms with Crippen molar-refractivity contribution in [1.82, 2.24) is 0 Å². The summed E-state index contributed by atoms with van der Waals surface area (Å²) in [4.78, 5) is 2.26. The molecule has 0 radical (unpaired) electrons. The number of para-hydroxylation sites is 1. The van der Waals surface area contributed by atoms with Crippen LogP contribution in [0.2, 0.25) is 0 Å². The number of nitrogens with zero attached hydrogens (tertiary/aromatic N) is 2. The van der Waals surface area contributed by atoms with Gasteiger partial charge in [0.25, 0.3) is 0 Å². The molecule has 0 aromatic heterocycles. The topological polar surface area (TPSA) is 82.1 Å². The maximum atomic E-state index is 9.07. The Bertz CT molecular complexity index is 446. The average Bonchev–Trinajstić information content (AvgIpc) is 2.47. The van der Waals surface area contributed by atoms with Crippen molar-refractivity contribution in [3.63, 3.8) is 0 Å². The lowest BCUT2D eigenvalue weighted by Gasteiger charge is -2.35. The molecule has 0 aliphatic carbocycles. The zero-order valence-electron chi connectivity index (χ0n) is 11.0. The van der Waals surface area contributed by atoms with Gasteiger partial charge in [-0.1, -0.05) is 17.3 Å². The molecule has 4 N–H and O–H groups in total. The van der Waals surface area contributed by atoms with E-state index in [1.54, 1.807) is 0 Å². The number of nitrogens with two attached hydrogens (primary N) is 1. The lowest BCUT2D eigenvalue weighted by Crippen LogP contribution is -2.37. The van der Waals surface area contributed by atoms with E-state index in [1.165, 1.54) is 0 Å². The summed E-state index contributed by atoms with van der Waals surface area (Å²) in [6.07, 6.45) is 3.10. The quantitative estimate of drug-likeness (QED) is 0.332. The summed E-state index contributed by atoms with van der Waals surface area (Å²) in [6, 6.07) is 7.69. The van der Waals surface area contributed by atoms with E-state index in [0.29, 0.717) is 5.92 Å². The molecule has 1 saturated heterocycles. The Morgan fingerprint density at radius 3 is 2.95 bits per heavy atom.